The van der Waals surface area contributed by atoms with Crippen LogP contribution >= 0.6 is 0 Å². The van der Waals surface area contributed by atoms with Gasteiger partial charge in [0.05, 0.1) is 0 Å². The molecule has 0 amide bonds. The maximum absolute atomic E-state index is 13.8. The van der Waals surface area contributed by atoms with E-state index in [1.54, 1.807) is 0 Å². The molecule has 6 rings (SSSR count). The fraction of sp³-hybridized carbons (Fsp3) is 0.333. The molecular weight excluding hydrogens is 770 g/mol. The van der Waals surface area contributed by atoms with Crippen LogP contribution in [0.1, 0.15) is 105 Å². The summed E-state index contributed by atoms with van der Waals surface area (Å²) < 4.78 is 97.5. The Morgan fingerprint density at radius 2 is 0.904 bits per heavy atom. The van der Waals surface area contributed by atoms with E-state index in [-0.39, 0.29) is 23.3 Å². The SMILES string of the molecule is CC1=Cc2cc(C(C)C)ccc2[CH]1[Zr]([O]c1ccc(C(F)(F)F)cc1)([O]c1ccc(C(F)(F)F)cc1)([CH]1C(C)=Cc2cc(C(C)C)ccc21)=[Si](C)C. The molecule has 4 aromatic rings. The van der Waals surface area contributed by atoms with Crippen molar-refractivity contribution in [1.29, 1.82) is 0 Å². The third-order valence-electron chi connectivity index (χ3n) is 11.0. The fourth-order valence-corrected chi connectivity index (χ4v) is 41.4. The van der Waals surface area contributed by atoms with Crippen LogP contribution in [0.3, 0.4) is 0 Å². The predicted octanol–water partition coefficient (Wildman–Crippen LogP) is 13.5. The standard InChI is InChI=1S/2C13H15.2C7H5F3O.C2H6Si.Zr/c2*1-9(2)11-4-5-12-6-10(3)7-13(12)8-11;2*8-7(9,10)5-1-3-6(11)4-2-5;1-3-2;/h2*4-9H,1-3H3;2*1-4,11H;1-2H3;/q;;;;;+2/p-2. The first-order valence-electron chi connectivity index (χ1n) is 17.6. The van der Waals surface area contributed by atoms with Crippen LogP contribution in [0.15, 0.2) is 96.1 Å². The van der Waals surface area contributed by atoms with Crippen LogP contribution in [0.4, 0.5) is 26.3 Å². The molecular formula is C42H44F6O2SiZr. The summed E-state index contributed by atoms with van der Waals surface area (Å²) >= 11 is -5.97. The fourth-order valence-electron chi connectivity index (χ4n) is 8.39. The van der Waals surface area contributed by atoms with Crippen LogP contribution in [0.25, 0.3) is 12.2 Å². The van der Waals surface area contributed by atoms with Gasteiger partial charge < -0.3 is 0 Å². The number of benzene rings is 4. The van der Waals surface area contributed by atoms with Gasteiger partial charge in [-0.3, -0.25) is 0 Å². The Kier molecular flexibility index (Phi) is 9.95. The molecule has 0 aromatic heterocycles. The minimum atomic E-state index is -5.97. The van der Waals surface area contributed by atoms with E-state index in [2.05, 4.69) is 103 Å². The minimum absolute atomic E-state index is 0.247. The number of fused-ring (bicyclic) bond motifs is 2. The van der Waals surface area contributed by atoms with Crippen molar-refractivity contribution in [3.63, 3.8) is 0 Å². The van der Waals surface area contributed by atoms with Crippen LogP contribution in [0, 0.1) is 0 Å². The molecule has 0 radical (unpaired) electrons. The summed E-state index contributed by atoms with van der Waals surface area (Å²) in [6.07, 6.45) is -4.78. The molecule has 0 N–H and O–H groups in total. The topological polar surface area (TPSA) is 18.5 Å². The molecule has 0 spiro atoms. The number of halogens is 6. The third kappa shape index (κ3) is 6.46. The van der Waals surface area contributed by atoms with E-state index < -0.39 is 54.4 Å². The predicted molar refractivity (Wildman–Crippen MR) is 195 cm³/mol. The van der Waals surface area contributed by atoms with E-state index in [4.69, 9.17) is 5.63 Å². The van der Waals surface area contributed by atoms with Gasteiger partial charge in [-0.05, 0) is 0 Å². The Bertz CT molecular complexity index is 2000. The van der Waals surface area contributed by atoms with Crippen molar-refractivity contribution in [3.8, 4) is 11.5 Å². The van der Waals surface area contributed by atoms with Gasteiger partial charge in [-0.2, -0.15) is 0 Å². The second-order valence-corrected chi connectivity index (χ2v) is 40.2. The van der Waals surface area contributed by atoms with Gasteiger partial charge in [0, 0.05) is 0 Å². The summed E-state index contributed by atoms with van der Waals surface area (Å²) in [4.78, 5) is 0. The molecule has 2 unspecified atom stereocenters. The average Bonchev–Trinajstić information content (AvgIpc) is 3.59. The van der Waals surface area contributed by atoms with Crippen LogP contribution in [0.5, 0.6) is 11.5 Å². The van der Waals surface area contributed by atoms with Crippen molar-refractivity contribution in [2.45, 2.75) is 86.1 Å². The molecule has 0 fully saturated rings. The summed E-state index contributed by atoms with van der Waals surface area (Å²) in [7, 11) is 0. The van der Waals surface area contributed by atoms with Gasteiger partial charge >= 0.3 is 306 Å². The monoisotopic (exact) mass is 812 g/mol. The molecule has 0 aliphatic heterocycles. The van der Waals surface area contributed by atoms with E-state index in [1.807, 2.05) is 0 Å². The first kappa shape index (κ1) is 38.4. The number of hydrogen-bond acceptors (Lipinski definition) is 2. The normalized spacial score (nSPS) is 17.6. The summed E-state index contributed by atoms with van der Waals surface area (Å²) in [5.41, 5.74) is 5.02. The van der Waals surface area contributed by atoms with E-state index in [0.29, 0.717) is 0 Å². The van der Waals surface area contributed by atoms with Crippen molar-refractivity contribution in [2.75, 3.05) is 0 Å². The van der Waals surface area contributed by atoms with Crippen molar-refractivity contribution < 1.29 is 50.2 Å². The first-order chi connectivity index (χ1) is 24.3. The Morgan fingerprint density at radius 3 is 1.19 bits per heavy atom. The van der Waals surface area contributed by atoms with Gasteiger partial charge in [-0.15, -0.1) is 0 Å². The number of hydrogen-bond donors (Lipinski definition) is 0. The average molecular weight is 814 g/mol. The van der Waals surface area contributed by atoms with Gasteiger partial charge in [0.15, 0.2) is 0 Å². The van der Waals surface area contributed by atoms with Gasteiger partial charge in [0.1, 0.15) is 0 Å². The quantitative estimate of drug-likeness (QED) is 0.130. The number of alkyl halides is 6. The zero-order valence-corrected chi connectivity index (χ0v) is 34.1. The summed E-state index contributed by atoms with van der Waals surface area (Å²) in [6, 6.07) is 22.4. The molecule has 2 aliphatic rings. The maximum atomic E-state index is 13.8. The summed E-state index contributed by atoms with van der Waals surface area (Å²) in [5.74, 6) is 1.03. The molecule has 0 saturated carbocycles. The second-order valence-electron chi connectivity index (χ2n) is 15.2. The molecule has 10 heteroatoms. The van der Waals surface area contributed by atoms with Crippen molar-refractivity contribution in [2.24, 2.45) is 0 Å². The van der Waals surface area contributed by atoms with Gasteiger partial charge in [-0.1, -0.05) is 0 Å². The third-order valence-corrected chi connectivity index (χ3v) is 44.5. The molecule has 0 saturated heterocycles. The summed E-state index contributed by atoms with van der Waals surface area (Å²) in [5, 5.41) is 0. The van der Waals surface area contributed by atoms with Crippen LogP contribution in [0.2, 0.25) is 13.1 Å². The van der Waals surface area contributed by atoms with Crippen molar-refractivity contribution in [3.05, 3.63) is 141 Å². The summed E-state index contributed by atoms with van der Waals surface area (Å²) in [6.45, 7) is 16.9. The van der Waals surface area contributed by atoms with Crippen molar-refractivity contribution in [1.82, 2.24) is 0 Å². The van der Waals surface area contributed by atoms with Crippen LogP contribution in [-0.4, -0.2) is 5.43 Å². The molecule has 2 aliphatic carbocycles. The van der Waals surface area contributed by atoms with Crippen molar-refractivity contribution >= 4 is 17.6 Å². The molecule has 52 heavy (non-hydrogen) atoms. The van der Waals surface area contributed by atoms with Gasteiger partial charge in [0.2, 0.25) is 0 Å². The first-order valence-corrected chi connectivity index (χ1v) is 28.6. The van der Waals surface area contributed by atoms with Crippen LogP contribution in [-0.2, 0) is 30.6 Å². The molecule has 274 valence electrons. The number of rotatable bonds is 8. The van der Waals surface area contributed by atoms with E-state index in [0.717, 1.165) is 68.8 Å². The molecule has 2 atom stereocenters. The molecule has 0 bridgehead atoms. The molecule has 2 nitrogen and oxygen atoms in total. The molecule has 0 heterocycles. The number of allylic oxidation sites excluding steroid dienone is 2. The zero-order valence-electron chi connectivity index (χ0n) is 30.6. The Hall–Kier alpha value is -3.36. The Labute approximate surface area is 304 Å². The second kappa shape index (κ2) is 13.5. The van der Waals surface area contributed by atoms with E-state index in [9.17, 15) is 26.3 Å². The van der Waals surface area contributed by atoms with Crippen LogP contribution < -0.4 is 5.63 Å². The van der Waals surface area contributed by atoms with E-state index >= 15 is 0 Å². The Balaban J connectivity index is 1.74. The molecule has 4 aromatic carbocycles. The zero-order chi connectivity index (χ0) is 38.0. The van der Waals surface area contributed by atoms with Gasteiger partial charge in [-0.25, -0.2) is 0 Å². The van der Waals surface area contributed by atoms with Gasteiger partial charge in [0.25, 0.3) is 0 Å². The Morgan fingerprint density at radius 1 is 0.558 bits per heavy atom. The van der Waals surface area contributed by atoms with E-state index in [1.165, 1.54) is 24.3 Å².